The minimum absolute atomic E-state index is 0.0502. The fourth-order valence-electron chi connectivity index (χ4n) is 9.89. The Bertz CT molecular complexity index is 3350. The number of pyridine rings is 3. The molecule has 0 saturated heterocycles. The number of carbonyl (C=O) groups is 7. The second kappa shape index (κ2) is 30.8. The number of hydrogen-bond donors (Lipinski definition) is 5. The van der Waals surface area contributed by atoms with Gasteiger partial charge in [-0.25, -0.2) is 0 Å². The monoisotopic (exact) mass is 1190 g/mol. The summed E-state index contributed by atoms with van der Waals surface area (Å²) in [5.74, 6) is -3.60. The molecule has 0 spiro atoms. The number of aryl methyl sites for hydroxylation is 3. The van der Waals surface area contributed by atoms with Crippen molar-refractivity contribution in [3.8, 4) is 17.2 Å². The van der Waals surface area contributed by atoms with Crippen LogP contribution in [0.4, 0.5) is 0 Å². The zero-order valence-corrected chi connectivity index (χ0v) is 50.0. The highest BCUT2D eigenvalue weighted by atomic mass is 16.5. The third-order valence-corrected chi connectivity index (χ3v) is 15.4. The van der Waals surface area contributed by atoms with Crippen molar-refractivity contribution in [1.29, 1.82) is 0 Å². The smallest absolute Gasteiger partial charge is 0.253 e. The Labute approximate surface area is 503 Å². The van der Waals surface area contributed by atoms with Gasteiger partial charge >= 0.3 is 0 Å². The van der Waals surface area contributed by atoms with Gasteiger partial charge < -0.3 is 54.5 Å². The highest BCUT2D eigenvalue weighted by Crippen LogP contribution is 2.28. The molecule has 0 radical (unpaired) electrons. The first-order valence-electron chi connectivity index (χ1n) is 28.7. The van der Waals surface area contributed by atoms with E-state index in [4.69, 9.17) is 14.2 Å². The fourth-order valence-corrected chi connectivity index (χ4v) is 9.89. The van der Waals surface area contributed by atoms with E-state index < -0.39 is 46.9 Å². The van der Waals surface area contributed by atoms with E-state index >= 15 is 0 Å². The van der Waals surface area contributed by atoms with E-state index in [1.165, 1.54) is 18.2 Å². The summed E-state index contributed by atoms with van der Waals surface area (Å²) < 4.78 is 23.4. The van der Waals surface area contributed by atoms with Crippen molar-refractivity contribution in [2.45, 2.75) is 117 Å². The number of nitrogens with one attached hydrogen (secondary N) is 5. The molecule has 1 aliphatic heterocycles. The van der Waals surface area contributed by atoms with Gasteiger partial charge in [-0.1, -0.05) is 91.0 Å². The second-order valence-electron chi connectivity index (χ2n) is 21.4. The van der Waals surface area contributed by atoms with Gasteiger partial charge in [-0.15, -0.1) is 0 Å². The summed E-state index contributed by atoms with van der Waals surface area (Å²) >= 11 is 0. The molecule has 4 heterocycles. The van der Waals surface area contributed by atoms with Crippen molar-refractivity contribution in [2.24, 2.45) is 21.1 Å². The molecule has 1 aliphatic rings. The number of imide groups is 1. The summed E-state index contributed by atoms with van der Waals surface area (Å²) in [7, 11) is 5.23. The number of benzene rings is 3. The van der Waals surface area contributed by atoms with E-state index in [0.29, 0.717) is 34.2 Å². The van der Waals surface area contributed by atoms with E-state index in [-0.39, 0.29) is 137 Å². The molecule has 458 valence electrons. The summed E-state index contributed by atoms with van der Waals surface area (Å²) in [6.45, 7) is 4.76. The minimum Gasteiger partial charge on any atom is -0.483 e. The number of aromatic nitrogens is 3. The molecule has 3 aromatic carbocycles. The number of ether oxygens (including phenoxy) is 3. The van der Waals surface area contributed by atoms with Crippen LogP contribution in [0.5, 0.6) is 17.2 Å². The molecule has 22 heteroatoms. The van der Waals surface area contributed by atoms with Gasteiger partial charge in [-0.05, 0) is 56.7 Å². The van der Waals surface area contributed by atoms with Crippen LogP contribution in [0.15, 0.2) is 136 Å². The molecule has 5 N–H and O–H groups in total. The average Bonchev–Trinajstić information content (AvgIpc) is 3.33. The molecule has 7 rings (SSSR count). The number of amides is 7. The Morgan fingerprint density at radius 1 is 0.425 bits per heavy atom. The summed E-state index contributed by atoms with van der Waals surface area (Å²) in [6.07, 6.45) is 0.547. The molecule has 0 aliphatic carbocycles. The molecular weight excluding hydrogens is 1110 g/mol. The zero-order valence-electron chi connectivity index (χ0n) is 50.0. The first kappa shape index (κ1) is 64.7. The molecule has 0 fully saturated rings. The van der Waals surface area contributed by atoms with Crippen molar-refractivity contribution < 1.29 is 47.8 Å². The standard InChI is InChI=1S/C65H75N9O13/c1-43-34-52(75)62(85-40-46-16-10-7-11-17-46)49(71(43)4)37-67-55(78)24-29-65(70-59(82)27-32-66-58(81)28-33-74-60(83)22-23-61(74)84,30-25-56(79)68-38-50-63(53(76)35-44(2)72(50)5)86-41-47-18-12-8-13-19-47)31-26-57(80)69-39-51-64(54(77)36-45(3)73(51)6)87-42-48-20-14-9-15-21-48/h7-23,34-36H,24-33,37-42H2,1-6H3,(H,66,81)(H,67,78)(H,68,79)(H,69,80)(H,70,82). The van der Waals surface area contributed by atoms with Crippen LogP contribution < -0.4 is 57.1 Å². The third-order valence-electron chi connectivity index (χ3n) is 15.4. The largest absolute Gasteiger partial charge is 0.483 e. The Morgan fingerprint density at radius 2 is 0.747 bits per heavy atom. The lowest BCUT2D eigenvalue weighted by Crippen LogP contribution is -2.51. The predicted octanol–water partition coefficient (Wildman–Crippen LogP) is 4.71. The van der Waals surface area contributed by atoms with E-state index in [9.17, 15) is 47.9 Å². The maximum absolute atomic E-state index is 14.3. The summed E-state index contributed by atoms with van der Waals surface area (Å²) in [5, 5.41) is 14.4. The Morgan fingerprint density at radius 3 is 1.08 bits per heavy atom. The van der Waals surface area contributed by atoms with Crippen LogP contribution in [0, 0.1) is 20.8 Å². The van der Waals surface area contributed by atoms with Gasteiger partial charge in [0, 0.05) is 119 Å². The van der Waals surface area contributed by atoms with E-state index in [2.05, 4.69) is 26.6 Å². The first-order chi connectivity index (χ1) is 41.7. The quantitative estimate of drug-likeness (QED) is 0.0370. The van der Waals surface area contributed by atoms with E-state index in [1.807, 2.05) is 91.0 Å². The molecule has 6 aromatic rings. The molecular formula is C65H75N9O13. The van der Waals surface area contributed by atoms with Crippen molar-refractivity contribution in [2.75, 3.05) is 13.1 Å². The number of rotatable bonds is 31. The molecule has 0 saturated carbocycles. The molecule has 0 bridgehead atoms. The Kier molecular flexibility index (Phi) is 22.9. The SMILES string of the molecule is Cc1cc(=O)c(OCc2ccccc2)c(CNC(=O)CCC(CCC(=O)NCc2c(OCc3ccccc3)c(=O)cc(C)n2C)(CCC(=O)NCc2c(OCc3ccccc3)c(=O)cc(C)n2C)NC(=O)CCNC(=O)CCN2C(=O)C=CC2=O)n1C. The average molecular weight is 1190 g/mol. The topological polar surface area (TPSA) is 277 Å². The number of hydrogen-bond acceptors (Lipinski definition) is 13. The summed E-state index contributed by atoms with van der Waals surface area (Å²) in [4.78, 5) is 135. The maximum atomic E-state index is 14.3. The number of nitrogens with zero attached hydrogens (tertiary/aromatic N) is 4. The van der Waals surface area contributed by atoms with Crippen LogP contribution in [0.2, 0.25) is 0 Å². The van der Waals surface area contributed by atoms with Gasteiger partial charge in [-0.2, -0.15) is 0 Å². The lowest BCUT2D eigenvalue weighted by molar-refractivity contribution is -0.137. The lowest BCUT2D eigenvalue weighted by Gasteiger charge is -2.35. The van der Waals surface area contributed by atoms with Crippen LogP contribution in [-0.2, 0) is 94.2 Å². The van der Waals surface area contributed by atoms with Gasteiger partial charge in [-0.3, -0.25) is 52.8 Å². The normalized spacial score (nSPS) is 12.0. The Hall–Kier alpha value is -9.86. The van der Waals surface area contributed by atoms with Crippen molar-refractivity contribution in [1.82, 2.24) is 45.2 Å². The van der Waals surface area contributed by atoms with Gasteiger partial charge in [0.05, 0.1) is 36.7 Å². The van der Waals surface area contributed by atoms with Gasteiger partial charge in [0.25, 0.3) is 11.8 Å². The van der Waals surface area contributed by atoms with Crippen molar-refractivity contribution in [3.05, 3.63) is 203 Å². The Balaban J connectivity index is 1.14. The van der Waals surface area contributed by atoms with Crippen molar-refractivity contribution in [3.63, 3.8) is 0 Å². The molecule has 7 amide bonds. The van der Waals surface area contributed by atoms with Gasteiger partial charge in [0.1, 0.15) is 19.8 Å². The molecule has 87 heavy (non-hydrogen) atoms. The molecule has 0 atom stereocenters. The zero-order chi connectivity index (χ0) is 62.6. The van der Waals surface area contributed by atoms with Crippen LogP contribution in [0.25, 0.3) is 0 Å². The minimum atomic E-state index is -1.48. The highest BCUT2D eigenvalue weighted by Gasteiger charge is 2.34. The van der Waals surface area contributed by atoms with Gasteiger partial charge in [0.2, 0.25) is 45.8 Å². The van der Waals surface area contributed by atoms with E-state index in [0.717, 1.165) is 33.7 Å². The molecule has 0 unspecified atom stereocenters. The first-order valence-corrected chi connectivity index (χ1v) is 28.7. The summed E-state index contributed by atoms with van der Waals surface area (Å²) in [5.41, 5.74) is 2.88. The molecule has 3 aromatic heterocycles. The highest BCUT2D eigenvalue weighted by molar-refractivity contribution is 6.13. The molecule has 22 nitrogen and oxygen atoms in total. The predicted molar refractivity (Wildman–Crippen MR) is 324 cm³/mol. The lowest BCUT2D eigenvalue weighted by atomic mass is 9.83. The van der Waals surface area contributed by atoms with E-state index in [1.54, 1.807) is 55.6 Å². The van der Waals surface area contributed by atoms with Crippen LogP contribution in [0.1, 0.15) is 102 Å². The van der Waals surface area contributed by atoms with Crippen LogP contribution >= 0.6 is 0 Å². The van der Waals surface area contributed by atoms with Gasteiger partial charge in [0.15, 0.2) is 17.2 Å². The second-order valence-corrected chi connectivity index (χ2v) is 21.4. The maximum Gasteiger partial charge on any atom is 0.253 e. The van der Waals surface area contributed by atoms with Crippen LogP contribution in [0.3, 0.4) is 0 Å². The summed E-state index contributed by atoms with van der Waals surface area (Å²) in [6, 6.07) is 32.1. The third kappa shape index (κ3) is 18.3. The van der Waals surface area contributed by atoms with Crippen molar-refractivity contribution >= 4 is 41.4 Å². The fraction of sp³-hybridized carbons (Fsp3) is 0.354. The van der Waals surface area contributed by atoms with Crippen LogP contribution in [-0.4, -0.2) is 78.6 Å². The number of carbonyl (C=O) groups excluding carboxylic acids is 7.